The van der Waals surface area contributed by atoms with E-state index in [0.717, 1.165) is 16.4 Å². The van der Waals surface area contributed by atoms with Gasteiger partial charge in [-0.2, -0.15) is 0 Å². The van der Waals surface area contributed by atoms with E-state index in [0.29, 0.717) is 6.54 Å². The van der Waals surface area contributed by atoms with E-state index in [9.17, 15) is 4.79 Å². The van der Waals surface area contributed by atoms with Gasteiger partial charge in [0.25, 0.3) is 0 Å². The Kier molecular flexibility index (Phi) is 3.29. The summed E-state index contributed by atoms with van der Waals surface area (Å²) in [5, 5.41) is 2.96. The zero-order chi connectivity index (χ0) is 8.97. The molecule has 1 aromatic carbocycles. The average Bonchev–Trinajstić information content (AvgIpc) is 2.07. The molecule has 1 N–H and O–H groups in total. The Balaban J connectivity index is 2.75. The van der Waals surface area contributed by atoms with Crippen LogP contribution in [0, 0.1) is 6.92 Å². The summed E-state index contributed by atoms with van der Waals surface area (Å²) in [4.78, 5) is 10.1. The Morgan fingerprint density at radius 1 is 1.58 bits per heavy atom. The molecular formula is C9H10BrNO. The highest BCUT2D eigenvalue weighted by Crippen LogP contribution is 2.20. The van der Waals surface area contributed by atoms with Crippen molar-refractivity contribution in [2.75, 3.05) is 11.9 Å². The van der Waals surface area contributed by atoms with Crippen molar-refractivity contribution in [3.8, 4) is 0 Å². The Bertz CT molecular complexity index is 286. The summed E-state index contributed by atoms with van der Waals surface area (Å²) in [6, 6.07) is 5.90. The van der Waals surface area contributed by atoms with E-state index < -0.39 is 0 Å². The minimum Gasteiger partial charge on any atom is -0.378 e. The van der Waals surface area contributed by atoms with Gasteiger partial charge in [-0.25, -0.2) is 0 Å². The molecule has 0 aromatic heterocycles. The highest BCUT2D eigenvalue weighted by molar-refractivity contribution is 9.10. The van der Waals surface area contributed by atoms with Crippen molar-refractivity contribution in [2.45, 2.75) is 6.92 Å². The van der Waals surface area contributed by atoms with Crippen molar-refractivity contribution >= 4 is 27.9 Å². The summed E-state index contributed by atoms with van der Waals surface area (Å²) in [6.45, 7) is 2.38. The summed E-state index contributed by atoms with van der Waals surface area (Å²) in [5.41, 5.74) is 2.14. The first-order chi connectivity index (χ1) is 5.74. The number of benzene rings is 1. The van der Waals surface area contributed by atoms with Crippen molar-refractivity contribution in [3.63, 3.8) is 0 Å². The Hall–Kier alpha value is -0.830. The summed E-state index contributed by atoms with van der Waals surface area (Å²) in [5.74, 6) is 0. The van der Waals surface area contributed by atoms with Crippen LogP contribution in [0.25, 0.3) is 0 Å². The maximum absolute atomic E-state index is 10.1. The van der Waals surface area contributed by atoms with Crippen LogP contribution in [-0.2, 0) is 4.79 Å². The van der Waals surface area contributed by atoms with Gasteiger partial charge in [0.2, 0.25) is 0 Å². The lowest BCUT2D eigenvalue weighted by Crippen LogP contribution is -2.01. The van der Waals surface area contributed by atoms with Gasteiger partial charge >= 0.3 is 0 Å². The van der Waals surface area contributed by atoms with Gasteiger partial charge in [-0.05, 0) is 24.6 Å². The predicted molar refractivity (Wildman–Crippen MR) is 53.4 cm³/mol. The lowest BCUT2D eigenvalue weighted by atomic mass is 10.2. The SMILES string of the molecule is Cc1ccc(NCC=O)cc1Br. The quantitative estimate of drug-likeness (QED) is 0.804. The molecule has 1 rings (SSSR count). The van der Waals surface area contributed by atoms with Crippen molar-refractivity contribution in [1.29, 1.82) is 0 Å². The van der Waals surface area contributed by atoms with Gasteiger partial charge in [0.05, 0.1) is 6.54 Å². The molecule has 0 aliphatic heterocycles. The van der Waals surface area contributed by atoms with E-state index >= 15 is 0 Å². The molecule has 0 spiro atoms. The molecule has 3 heteroatoms. The topological polar surface area (TPSA) is 29.1 Å². The third kappa shape index (κ3) is 2.34. The van der Waals surface area contributed by atoms with Crippen LogP contribution < -0.4 is 5.32 Å². The normalized spacial score (nSPS) is 9.50. The molecule has 1 aromatic rings. The smallest absolute Gasteiger partial charge is 0.139 e. The fourth-order valence-corrected chi connectivity index (χ4v) is 1.24. The summed E-state index contributed by atoms with van der Waals surface area (Å²) >= 11 is 3.41. The third-order valence-electron chi connectivity index (χ3n) is 1.56. The second-order valence-corrected chi connectivity index (χ2v) is 3.37. The number of carbonyl (C=O) groups excluding carboxylic acids is 1. The van der Waals surface area contributed by atoms with Crippen LogP contribution in [0.5, 0.6) is 0 Å². The summed E-state index contributed by atoms with van der Waals surface area (Å²) in [6.07, 6.45) is 0.841. The maximum Gasteiger partial charge on any atom is 0.139 e. The Labute approximate surface area is 80.1 Å². The van der Waals surface area contributed by atoms with E-state index in [2.05, 4.69) is 21.2 Å². The molecule has 0 unspecified atom stereocenters. The summed E-state index contributed by atoms with van der Waals surface area (Å²) in [7, 11) is 0. The number of hydrogen-bond donors (Lipinski definition) is 1. The molecule has 0 bridgehead atoms. The first kappa shape index (κ1) is 9.26. The van der Waals surface area contributed by atoms with E-state index in [1.807, 2.05) is 25.1 Å². The molecule has 12 heavy (non-hydrogen) atoms. The molecule has 2 nitrogen and oxygen atoms in total. The molecule has 0 saturated heterocycles. The number of hydrogen-bond acceptors (Lipinski definition) is 2. The monoisotopic (exact) mass is 227 g/mol. The fourth-order valence-electron chi connectivity index (χ4n) is 0.862. The fraction of sp³-hybridized carbons (Fsp3) is 0.222. The van der Waals surface area contributed by atoms with Gasteiger partial charge in [0.15, 0.2) is 0 Å². The third-order valence-corrected chi connectivity index (χ3v) is 2.42. The number of rotatable bonds is 3. The van der Waals surface area contributed by atoms with Crippen molar-refractivity contribution in [3.05, 3.63) is 28.2 Å². The number of aldehydes is 1. The largest absolute Gasteiger partial charge is 0.378 e. The second-order valence-electron chi connectivity index (χ2n) is 2.51. The minimum atomic E-state index is 0.357. The van der Waals surface area contributed by atoms with Crippen LogP contribution in [0.15, 0.2) is 22.7 Å². The standard InChI is InChI=1S/C9H10BrNO/c1-7-2-3-8(6-9(7)10)11-4-5-12/h2-3,5-6,11H,4H2,1H3. The molecule has 0 aliphatic carbocycles. The van der Waals surface area contributed by atoms with E-state index in [4.69, 9.17) is 0 Å². The zero-order valence-electron chi connectivity index (χ0n) is 6.80. The van der Waals surface area contributed by atoms with Crippen molar-refractivity contribution < 1.29 is 4.79 Å². The lowest BCUT2D eigenvalue weighted by Gasteiger charge is -2.03. The van der Waals surface area contributed by atoms with Gasteiger partial charge in [-0.3, -0.25) is 0 Å². The predicted octanol–water partition coefficient (Wildman–Crippen LogP) is 2.37. The lowest BCUT2D eigenvalue weighted by molar-refractivity contribution is -0.106. The molecule has 0 saturated carbocycles. The van der Waals surface area contributed by atoms with Crippen LogP contribution in [0.2, 0.25) is 0 Å². The second kappa shape index (κ2) is 4.26. The number of carbonyl (C=O) groups is 1. The minimum absolute atomic E-state index is 0.357. The summed E-state index contributed by atoms with van der Waals surface area (Å²) < 4.78 is 1.05. The van der Waals surface area contributed by atoms with E-state index in [1.165, 1.54) is 5.56 Å². The van der Waals surface area contributed by atoms with Gasteiger partial charge in [-0.1, -0.05) is 22.0 Å². The van der Waals surface area contributed by atoms with Gasteiger partial charge in [-0.15, -0.1) is 0 Å². The van der Waals surface area contributed by atoms with Crippen molar-refractivity contribution in [2.24, 2.45) is 0 Å². The van der Waals surface area contributed by atoms with Gasteiger partial charge in [0, 0.05) is 10.2 Å². The van der Waals surface area contributed by atoms with Crippen molar-refractivity contribution in [1.82, 2.24) is 0 Å². The maximum atomic E-state index is 10.1. The van der Waals surface area contributed by atoms with Gasteiger partial charge in [0.1, 0.15) is 6.29 Å². The number of nitrogens with one attached hydrogen (secondary N) is 1. The van der Waals surface area contributed by atoms with Crippen LogP contribution in [0.3, 0.4) is 0 Å². The average molecular weight is 228 g/mol. The van der Waals surface area contributed by atoms with Crippen LogP contribution in [0.4, 0.5) is 5.69 Å². The Morgan fingerprint density at radius 2 is 2.33 bits per heavy atom. The number of anilines is 1. The first-order valence-corrected chi connectivity index (χ1v) is 4.47. The first-order valence-electron chi connectivity index (χ1n) is 3.67. The van der Waals surface area contributed by atoms with Crippen LogP contribution in [0.1, 0.15) is 5.56 Å². The molecule has 0 amide bonds. The zero-order valence-corrected chi connectivity index (χ0v) is 8.39. The van der Waals surface area contributed by atoms with Gasteiger partial charge < -0.3 is 10.1 Å². The highest BCUT2D eigenvalue weighted by Gasteiger charge is 1.95. The number of halogens is 1. The molecule has 0 fully saturated rings. The van der Waals surface area contributed by atoms with E-state index in [1.54, 1.807) is 0 Å². The molecular weight excluding hydrogens is 218 g/mol. The number of aryl methyl sites for hydroxylation is 1. The Morgan fingerprint density at radius 3 is 2.92 bits per heavy atom. The molecule has 0 aliphatic rings. The van der Waals surface area contributed by atoms with E-state index in [-0.39, 0.29) is 0 Å². The molecule has 0 radical (unpaired) electrons. The molecule has 0 heterocycles. The van der Waals surface area contributed by atoms with Crippen LogP contribution >= 0.6 is 15.9 Å². The van der Waals surface area contributed by atoms with Crippen LogP contribution in [-0.4, -0.2) is 12.8 Å². The molecule has 64 valence electrons. The molecule has 0 atom stereocenters. The highest BCUT2D eigenvalue weighted by atomic mass is 79.9.